The van der Waals surface area contributed by atoms with Crippen LogP contribution in [-0.4, -0.2) is 69.8 Å². The number of hydrogen-bond acceptors (Lipinski definition) is 6. The second kappa shape index (κ2) is 9.08. The highest BCUT2D eigenvalue weighted by atomic mass is 16.6. The summed E-state index contributed by atoms with van der Waals surface area (Å²) in [6, 6.07) is -1.44. The van der Waals surface area contributed by atoms with E-state index < -0.39 is 46.6 Å². The maximum absolute atomic E-state index is 14.0. The molecule has 3 fully saturated rings. The Balaban J connectivity index is 2.07. The van der Waals surface area contributed by atoms with Crippen molar-refractivity contribution in [3.8, 4) is 0 Å². The van der Waals surface area contributed by atoms with Gasteiger partial charge in [-0.3, -0.25) is 14.4 Å². The fourth-order valence-corrected chi connectivity index (χ4v) is 7.13. The van der Waals surface area contributed by atoms with Crippen molar-refractivity contribution >= 4 is 17.8 Å². The van der Waals surface area contributed by atoms with E-state index in [2.05, 4.69) is 26.1 Å². The molecule has 8 nitrogen and oxygen atoms in total. The van der Waals surface area contributed by atoms with Crippen molar-refractivity contribution in [3.63, 3.8) is 0 Å². The molecule has 8 heteroatoms. The quantitative estimate of drug-likeness (QED) is 0.492. The van der Waals surface area contributed by atoms with E-state index in [9.17, 15) is 19.5 Å². The number of nitrogens with one attached hydrogen (secondary N) is 1. The van der Waals surface area contributed by atoms with Gasteiger partial charge in [0.2, 0.25) is 11.8 Å². The Morgan fingerprint density at radius 3 is 2.35 bits per heavy atom. The van der Waals surface area contributed by atoms with Gasteiger partial charge in [-0.05, 0) is 58.3 Å². The number of aliphatic hydroxyl groups is 1. The molecule has 3 heterocycles. The number of fused-ring (bicyclic) bond motifs is 1. The number of aliphatic hydroxyl groups excluding tert-OH is 1. The van der Waals surface area contributed by atoms with Crippen LogP contribution >= 0.6 is 0 Å². The number of likely N-dealkylation sites (tertiary alicyclic amines) is 1. The van der Waals surface area contributed by atoms with E-state index in [1.54, 1.807) is 6.92 Å². The van der Waals surface area contributed by atoms with Crippen molar-refractivity contribution in [2.75, 3.05) is 13.2 Å². The van der Waals surface area contributed by atoms with Gasteiger partial charge in [0, 0.05) is 5.54 Å². The lowest BCUT2D eigenvalue weighted by Gasteiger charge is -2.40. The highest BCUT2D eigenvalue weighted by molar-refractivity contribution is 5.99. The summed E-state index contributed by atoms with van der Waals surface area (Å²) in [6.07, 6.45) is 2.90. The largest absolute Gasteiger partial charge is 0.466 e. The zero-order chi connectivity index (χ0) is 25.7. The highest BCUT2D eigenvalue weighted by Crippen LogP contribution is 2.64. The van der Waals surface area contributed by atoms with Crippen molar-refractivity contribution in [1.29, 1.82) is 0 Å². The first kappa shape index (κ1) is 26.9. The molecule has 0 radical (unpaired) electrons. The number of carbonyl (C=O) groups is 3. The van der Waals surface area contributed by atoms with E-state index in [-0.39, 0.29) is 30.4 Å². The first-order valence-electron chi connectivity index (χ1n) is 12.8. The minimum absolute atomic E-state index is 0.0105. The predicted octanol–water partition coefficient (Wildman–Crippen LogP) is 2.81. The molecule has 194 valence electrons. The van der Waals surface area contributed by atoms with Crippen molar-refractivity contribution in [2.24, 2.45) is 17.3 Å². The van der Waals surface area contributed by atoms with E-state index >= 15 is 0 Å². The molecule has 34 heavy (non-hydrogen) atoms. The zero-order valence-electron chi connectivity index (χ0n) is 22.2. The highest BCUT2D eigenvalue weighted by Gasteiger charge is 2.79. The lowest BCUT2D eigenvalue weighted by molar-refractivity contribution is -0.162. The molecule has 0 aromatic rings. The standard InChI is InChI=1S/C26H44N2O6/c1-9-16(14-29)28-19(20(30)27-24(7,8)15-23(4,5)6)26-13-12-25(10-2,34-26)18(17(26)21(28)31)22(32)33-11-3/h16-19,29H,9-15H2,1-8H3,(H,27,30)/t16-,17-,18+,19?,25-,26?/m0/s1. The summed E-state index contributed by atoms with van der Waals surface area (Å²) >= 11 is 0. The van der Waals surface area contributed by atoms with Gasteiger partial charge < -0.3 is 24.8 Å². The van der Waals surface area contributed by atoms with Crippen LogP contribution in [-0.2, 0) is 23.9 Å². The maximum Gasteiger partial charge on any atom is 0.312 e. The van der Waals surface area contributed by atoms with Crippen LogP contribution in [0.5, 0.6) is 0 Å². The molecule has 0 aliphatic carbocycles. The predicted molar refractivity (Wildman–Crippen MR) is 128 cm³/mol. The van der Waals surface area contributed by atoms with Crippen LogP contribution in [0.15, 0.2) is 0 Å². The third kappa shape index (κ3) is 4.25. The number of hydrogen-bond donors (Lipinski definition) is 2. The summed E-state index contributed by atoms with van der Waals surface area (Å²) in [5.74, 6) is -2.55. The molecule has 3 aliphatic rings. The summed E-state index contributed by atoms with van der Waals surface area (Å²) in [5, 5.41) is 13.3. The average molecular weight is 481 g/mol. The lowest BCUT2D eigenvalue weighted by Crippen LogP contribution is -2.61. The SMILES string of the molecule is CCOC(=O)[C@H]1[C@H]2C(=O)N([C@@H](CC)CO)C(C(=O)NC(C)(C)CC(C)(C)C)C23CC[C@]1(CC)O3. The van der Waals surface area contributed by atoms with Crippen LogP contribution in [0.1, 0.15) is 87.5 Å². The fourth-order valence-electron chi connectivity index (χ4n) is 7.13. The number of carbonyl (C=O) groups excluding carboxylic acids is 3. The van der Waals surface area contributed by atoms with Crippen molar-refractivity contribution < 1.29 is 29.0 Å². The van der Waals surface area contributed by atoms with Crippen LogP contribution in [0.25, 0.3) is 0 Å². The van der Waals surface area contributed by atoms with E-state index in [0.29, 0.717) is 25.7 Å². The van der Waals surface area contributed by atoms with Crippen LogP contribution in [0.2, 0.25) is 0 Å². The summed E-state index contributed by atoms with van der Waals surface area (Å²) in [7, 11) is 0. The van der Waals surface area contributed by atoms with Crippen LogP contribution in [0, 0.1) is 17.3 Å². The molecule has 3 saturated heterocycles. The molecule has 2 unspecified atom stereocenters. The molecular weight excluding hydrogens is 436 g/mol. The molecule has 0 aromatic heterocycles. The summed E-state index contributed by atoms with van der Waals surface area (Å²) in [6.45, 7) is 15.9. The number of esters is 1. The van der Waals surface area contributed by atoms with Gasteiger partial charge in [0.1, 0.15) is 17.6 Å². The molecule has 6 atom stereocenters. The van der Waals surface area contributed by atoms with E-state index in [1.165, 1.54) is 4.90 Å². The Labute approximate surface area is 204 Å². The first-order valence-corrected chi connectivity index (χ1v) is 12.8. The number of ether oxygens (including phenoxy) is 2. The van der Waals surface area contributed by atoms with Crippen LogP contribution in [0.4, 0.5) is 0 Å². The number of amides is 2. The lowest BCUT2D eigenvalue weighted by atomic mass is 9.65. The van der Waals surface area contributed by atoms with Gasteiger partial charge in [0.05, 0.1) is 30.8 Å². The van der Waals surface area contributed by atoms with Crippen LogP contribution < -0.4 is 5.32 Å². The third-order valence-corrected chi connectivity index (χ3v) is 7.92. The summed E-state index contributed by atoms with van der Waals surface area (Å²) in [5.41, 5.74) is -2.43. The molecule has 2 bridgehead atoms. The Hall–Kier alpha value is -1.67. The molecule has 0 aromatic carbocycles. The second-order valence-electron chi connectivity index (χ2n) is 12.2. The van der Waals surface area contributed by atoms with Crippen molar-refractivity contribution in [1.82, 2.24) is 10.2 Å². The second-order valence-corrected chi connectivity index (χ2v) is 12.2. The smallest absolute Gasteiger partial charge is 0.312 e. The fraction of sp³-hybridized carbons (Fsp3) is 0.885. The van der Waals surface area contributed by atoms with E-state index in [1.807, 2.05) is 27.7 Å². The van der Waals surface area contributed by atoms with Gasteiger partial charge in [0.15, 0.2) is 0 Å². The summed E-state index contributed by atoms with van der Waals surface area (Å²) < 4.78 is 12.1. The monoisotopic (exact) mass is 480 g/mol. The minimum atomic E-state index is -1.10. The molecule has 1 spiro atoms. The molecule has 3 rings (SSSR count). The molecule has 2 amide bonds. The van der Waals surface area contributed by atoms with E-state index in [0.717, 1.165) is 6.42 Å². The van der Waals surface area contributed by atoms with Gasteiger partial charge >= 0.3 is 5.97 Å². The zero-order valence-corrected chi connectivity index (χ0v) is 22.2. The van der Waals surface area contributed by atoms with E-state index in [4.69, 9.17) is 9.47 Å². The van der Waals surface area contributed by atoms with Crippen LogP contribution in [0.3, 0.4) is 0 Å². The molecule has 2 N–H and O–H groups in total. The molecule has 0 saturated carbocycles. The topological polar surface area (TPSA) is 105 Å². The van der Waals surface area contributed by atoms with Gasteiger partial charge in [0.25, 0.3) is 0 Å². The maximum atomic E-state index is 14.0. The Bertz CT molecular complexity index is 817. The van der Waals surface area contributed by atoms with Crippen molar-refractivity contribution in [3.05, 3.63) is 0 Å². The van der Waals surface area contributed by atoms with Gasteiger partial charge in [-0.1, -0.05) is 34.6 Å². The average Bonchev–Trinajstić information content (AvgIpc) is 3.31. The first-order chi connectivity index (χ1) is 15.7. The molecular formula is C26H44N2O6. The number of nitrogens with zero attached hydrogens (tertiary/aromatic N) is 1. The normalized spacial score (nSPS) is 33.7. The Morgan fingerprint density at radius 2 is 1.85 bits per heavy atom. The van der Waals surface area contributed by atoms with Gasteiger partial charge in [-0.2, -0.15) is 0 Å². The third-order valence-electron chi connectivity index (χ3n) is 7.92. The summed E-state index contributed by atoms with van der Waals surface area (Å²) in [4.78, 5) is 42.6. The minimum Gasteiger partial charge on any atom is -0.466 e. The number of rotatable bonds is 9. The Kier molecular flexibility index (Phi) is 7.19. The van der Waals surface area contributed by atoms with Crippen molar-refractivity contribution in [2.45, 2.75) is 116 Å². The van der Waals surface area contributed by atoms with Gasteiger partial charge in [-0.25, -0.2) is 0 Å². The van der Waals surface area contributed by atoms with Gasteiger partial charge in [-0.15, -0.1) is 0 Å². The molecule has 3 aliphatic heterocycles. The Morgan fingerprint density at radius 1 is 1.21 bits per heavy atom.